The van der Waals surface area contributed by atoms with Crippen LogP contribution in [-0.2, 0) is 16.8 Å². The third kappa shape index (κ3) is 5.59. The zero-order chi connectivity index (χ0) is 26.5. The molecule has 2 fully saturated rings. The number of rotatable bonds is 8. The van der Waals surface area contributed by atoms with Crippen LogP contribution in [-0.4, -0.2) is 66.6 Å². The number of carbonyl (C=O) groups is 1. The van der Waals surface area contributed by atoms with Gasteiger partial charge in [0.1, 0.15) is 17.3 Å². The lowest BCUT2D eigenvalue weighted by Gasteiger charge is -2.41. The van der Waals surface area contributed by atoms with Gasteiger partial charge in [-0.15, -0.1) is 0 Å². The minimum absolute atomic E-state index is 0.0131. The second-order valence-corrected chi connectivity index (χ2v) is 10.5. The van der Waals surface area contributed by atoms with Gasteiger partial charge in [-0.2, -0.15) is 0 Å². The maximum absolute atomic E-state index is 15.7. The second kappa shape index (κ2) is 11.6. The number of amides is 1. The van der Waals surface area contributed by atoms with Gasteiger partial charge in [0, 0.05) is 30.9 Å². The smallest absolute Gasteiger partial charge is 0.231 e. The van der Waals surface area contributed by atoms with Gasteiger partial charge >= 0.3 is 0 Å². The van der Waals surface area contributed by atoms with Crippen LogP contribution in [0, 0.1) is 5.82 Å². The number of hydrogen-bond acceptors (Lipinski definition) is 5. The number of carbonyl (C=O) groups excluding carboxylic acids is 1. The van der Waals surface area contributed by atoms with Crippen molar-refractivity contribution in [3.63, 3.8) is 0 Å². The van der Waals surface area contributed by atoms with Crippen molar-refractivity contribution in [1.29, 1.82) is 0 Å². The molecule has 2 saturated heterocycles. The zero-order valence-corrected chi connectivity index (χ0v) is 22.3. The second-order valence-electron chi connectivity index (χ2n) is 10.5. The summed E-state index contributed by atoms with van der Waals surface area (Å²) in [5.74, 6) is 0.149. The van der Waals surface area contributed by atoms with Crippen LogP contribution in [0.4, 0.5) is 4.39 Å². The summed E-state index contributed by atoms with van der Waals surface area (Å²) in [7, 11) is 2.07. The lowest BCUT2D eigenvalue weighted by Crippen LogP contribution is -2.54. The van der Waals surface area contributed by atoms with Crippen LogP contribution >= 0.6 is 0 Å². The summed E-state index contributed by atoms with van der Waals surface area (Å²) in [5, 5.41) is 3.31. The molecule has 38 heavy (non-hydrogen) atoms. The van der Waals surface area contributed by atoms with Crippen molar-refractivity contribution in [2.45, 2.75) is 44.2 Å². The molecule has 200 valence electrons. The molecule has 5 rings (SSSR count). The number of piperidine rings is 1. The number of pyridine rings is 1. The summed E-state index contributed by atoms with van der Waals surface area (Å²) in [5.41, 5.74) is 1.94. The maximum atomic E-state index is 15.7. The zero-order valence-electron chi connectivity index (χ0n) is 22.3. The van der Waals surface area contributed by atoms with Crippen LogP contribution < -0.4 is 10.1 Å². The lowest BCUT2D eigenvalue weighted by atomic mass is 9.72. The highest BCUT2D eigenvalue weighted by atomic mass is 19.1. The Balaban J connectivity index is 1.42. The van der Waals surface area contributed by atoms with Gasteiger partial charge in [-0.1, -0.05) is 42.5 Å². The van der Waals surface area contributed by atoms with Crippen molar-refractivity contribution in [3.8, 4) is 17.0 Å². The first kappa shape index (κ1) is 26.3. The highest BCUT2D eigenvalue weighted by Crippen LogP contribution is 2.39. The quantitative estimate of drug-likeness (QED) is 0.473. The highest BCUT2D eigenvalue weighted by molar-refractivity contribution is 5.89. The maximum Gasteiger partial charge on any atom is 0.231 e. The average Bonchev–Trinajstić information content (AvgIpc) is 3.34. The standard InChI is InChI=1S/C31H37FN4O2/c1-3-38-28-12-8-7-11-26(28)29-27(32)19-24(20-33-29)31(30(37)34-25-13-16-35(2)22-25)14-17-36(18-15-31)21-23-9-5-4-6-10-23/h4-12,19-20,25H,3,13-18,21-22H2,1-2H3,(H,34,37)/t25-/m0/s1. The number of likely N-dealkylation sites (tertiary alicyclic amines) is 2. The molecule has 1 N–H and O–H groups in total. The largest absolute Gasteiger partial charge is 0.493 e. The van der Waals surface area contributed by atoms with Crippen LogP contribution in [0.15, 0.2) is 66.9 Å². The third-order valence-electron chi connectivity index (χ3n) is 7.96. The molecule has 2 aromatic carbocycles. The van der Waals surface area contributed by atoms with Crippen molar-refractivity contribution in [2.75, 3.05) is 39.8 Å². The van der Waals surface area contributed by atoms with E-state index < -0.39 is 11.2 Å². The van der Waals surface area contributed by atoms with Crippen LogP contribution in [0.25, 0.3) is 11.3 Å². The topological polar surface area (TPSA) is 57.7 Å². The molecule has 6 nitrogen and oxygen atoms in total. The predicted octanol–water partition coefficient (Wildman–Crippen LogP) is 4.64. The Kier molecular flexibility index (Phi) is 8.05. The number of benzene rings is 2. The molecule has 3 heterocycles. The number of nitrogens with one attached hydrogen (secondary N) is 1. The molecule has 0 aliphatic carbocycles. The minimum atomic E-state index is -0.819. The first-order chi connectivity index (χ1) is 18.5. The molecule has 2 aliphatic rings. The van der Waals surface area contributed by atoms with Gasteiger partial charge in [0.05, 0.1) is 12.0 Å². The Morgan fingerprint density at radius 3 is 2.53 bits per heavy atom. The molecule has 1 atom stereocenters. The summed E-state index contributed by atoms with van der Waals surface area (Å²) in [4.78, 5) is 23.1. The van der Waals surface area contributed by atoms with Crippen LogP contribution in [0.3, 0.4) is 0 Å². The number of hydrogen-bond donors (Lipinski definition) is 1. The van der Waals surface area contributed by atoms with E-state index in [0.29, 0.717) is 36.3 Å². The summed E-state index contributed by atoms with van der Waals surface area (Å²) >= 11 is 0. The molecule has 3 aromatic rings. The predicted molar refractivity (Wildman–Crippen MR) is 147 cm³/mol. The van der Waals surface area contributed by atoms with Gasteiger partial charge in [0.15, 0.2) is 0 Å². The van der Waals surface area contributed by atoms with Crippen LogP contribution in [0.2, 0.25) is 0 Å². The summed E-state index contributed by atoms with van der Waals surface area (Å²) in [6.45, 7) is 6.53. The van der Waals surface area contributed by atoms with E-state index in [1.807, 2.05) is 37.3 Å². The van der Waals surface area contributed by atoms with Gasteiger partial charge < -0.3 is 15.0 Å². The molecule has 0 unspecified atom stereocenters. The van der Waals surface area contributed by atoms with E-state index in [9.17, 15) is 4.79 Å². The Morgan fingerprint density at radius 2 is 1.84 bits per heavy atom. The fourth-order valence-corrected chi connectivity index (χ4v) is 5.80. The Labute approximate surface area is 224 Å². The molecule has 0 spiro atoms. The van der Waals surface area contributed by atoms with E-state index in [-0.39, 0.29) is 17.6 Å². The van der Waals surface area contributed by atoms with Crippen LogP contribution in [0.1, 0.15) is 37.3 Å². The first-order valence-electron chi connectivity index (χ1n) is 13.6. The summed E-state index contributed by atoms with van der Waals surface area (Å²) in [6, 6.07) is 19.4. The molecular weight excluding hydrogens is 479 g/mol. The van der Waals surface area contributed by atoms with E-state index in [4.69, 9.17) is 4.74 Å². The van der Waals surface area contributed by atoms with Crippen LogP contribution in [0.5, 0.6) is 5.75 Å². The molecule has 2 aliphatic heterocycles. The molecule has 1 amide bonds. The lowest BCUT2D eigenvalue weighted by molar-refractivity contribution is -0.129. The van der Waals surface area contributed by atoms with E-state index >= 15 is 4.39 Å². The molecule has 0 radical (unpaired) electrons. The van der Waals surface area contributed by atoms with Gasteiger partial charge in [-0.05, 0) is 82.2 Å². The van der Waals surface area contributed by atoms with E-state index in [1.54, 1.807) is 6.20 Å². The van der Waals surface area contributed by atoms with Crippen molar-refractivity contribution >= 4 is 5.91 Å². The van der Waals surface area contributed by atoms with Crippen molar-refractivity contribution < 1.29 is 13.9 Å². The number of ether oxygens (including phenoxy) is 1. The van der Waals surface area contributed by atoms with Gasteiger partial charge in [0.2, 0.25) is 5.91 Å². The fraction of sp³-hybridized carbons (Fsp3) is 0.419. The molecule has 0 saturated carbocycles. The van der Waals surface area contributed by atoms with E-state index in [0.717, 1.165) is 39.1 Å². The normalized spacial score (nSPS) is 19.8. The monoisotopic (exact) mass is 516 g/mol. The van der Waals surface area contributed by atoms with E-state index in [1.165, 1.54) is 11.6 Å². The fourth-order valence-electron chi connectivity index (χ4n) is 5.80. The summed E-state index contributed by atoms with van der Waals surface area (Å²) in [6.07, 6.45) is 3.86. The number of likely N-dealkylation sites (N-methyl/N-ethyl adjacent to an activating group) is 1. The van der Waals surface area contributed by atoms with Gasteiger partial charge in [0.25, 0.3) is 0 Å². The SMILES string of the molecule is CCOc1ccccc1-c1ncc(C2(C(=O)N[C@H]3CCN(C)C3)CCN(Cc3ccccc3)CC2)cc1F. The van der Waals surface area contributed by atoms with Crippen molar-refractivity contribution in [1.82, 2.24) is 20.1 Å². The Bertz CT molecular complexity index is 1240. The Morgan fingerprint density at radius 1 is 1.11 bits per heavy atom. The molecule has 0 bridgehead atoms. The van der Waals surface area contributed by atoms with Crippen molar-refractivity contribution in [3.05, 3.63) is 83.8 Å². The molecule has 7 heteroatoms. The number of aromatic nitrogens is 1. The molecule has 1 aromatic heterocycles. The third-order valence-corrected chi connectivity index (χ3v) is 7.96. The number of nitrogens with zero attached hydrogens (tertiary/aromatic N) is 3. The number of halogens is 1. The van der Waals surface area contributed by atoms with Crippen molar-refractivity contribution in [2.24, 2.45) is 0 Å². The first-order valence-corrected chi connectivity index (χ1v) is 13.6. The Hall–Kier alpha value is -3.29. The van der Waals surface area contributed by atoms with E-state index in [2.05, 4.69) is 51.4 Å². The van der Waals surface area contributed by atoms with Gasteiger partial charge in [-0.3, -0.25) is 14.7 Å². The number of para-hydroxylation sites is 1. The van der Waals surface area contributed by atoms with Gasteiger partial charge in [-0.25, -0.2) is 4.39 Å². The molecular formula is C31H37FN4O2. The summed E-state index contributed by atoms with van der Waals surface area (Å²) < 4.78 is 21.4. The minimum Gasteiger partial charge on any atom is -0.493 e. The highest BCUT2D eigenvalue weighted by Gasteiger charge is 2.44. The average molecular weight is 517 g/mol.